The molecular weight excluding hydrogens is 1040 g/mol. The van der Waals surface area contributed by atoms with Crippen LogP contribution < -0.4 is 0 Å². The number of Topliss-reactive ketones (excluding diaryl/α,β-unsaturated/α-hetero) is 4. The van der Waals surface area contributed by atoms with Gasteiger partial charge in [0.25, 0.3) is 0 Å². The molecule has 4 rings (SSSR count). The van der Waals surface area contributed by atoms with E-state index in [0.29, 0.717) is 38.3 Å². The number of likely N-dealkylation sites (tertiary alicyclic amines) is 2. The van der Waals surface area contributed by atoms with Gasteiger partial charge in [0, 0.05) is 91.3 Å². The molecule has 1 unspecified atom stereocenters. The van der Waals surface area contributed by atoms with Crippen LogP contribution in [0, 0.1) is 35.5 Å². The van der Waals surface area contributed by atoms with Gasteiger partial charge in [0.15, 0.2) is 5.78 Å². The van der Waals surface area contributed by atoms with Crippen LogP contribution >= 0.6 is 11.8 Å². The van der Waals surface area contributed by atoms with Gasteiger partial charge >= 0.3 is 6.09 Å². The van der Waals surface area contributed by atoms with Crippen LogP contribution in [-0.2, 0) is 60.8 Å². The number of nitrogens with zero attached hydrogens (tertiary/aromatic N) is 4. The number of unbranched alkanes of at least 4 members (excludes halogenated alkanes) is 2. The highest BCUT2D eigenvalue weighted by atomic mass is 32.2. The van der Waals surface area contributed by atoms with E-state index in [4.69, 9.17) is 14.2 Å². The highest BCUT2D eigenvalue weighted by Gasteiger charge is 2.41. The fraction of sp³-hybridized carbons (Fsp3) is 0.683. The normalized spacial score (nSPS) is 19.1. The molecule has 0 saturated carbocycles. The van der Waals surface area contributed by atoms with Gasteiger partial charge in [-0.1, -0.05) is 123 Å². The number of ketones is 4. The topological polar surface area (TPSA) is 197 Å². The molecule has 80 heavy (non-hydrogen) atoms. The molecule has 17 heteroatoms. The number of ether oxygens (including phenoxy) is 3. The van der Waals surface area contributed by atoms with Crippen LogP contribution in [0.25, 0.3) is 0 Å². The maximum atomic E-state index is 14.1. The van der Waals surface area contributed by atoms with Gasteiger partial charge < -0.3 is 34.0 Å². The number of rotatable bonds is 33. The number of carbonyl (C=O) groups excluding carboxylic acids is 8. The smallest absolute Gasteiger partial charge is 0.410 e. The fourth-order valence-electron chi connectivity index (χ4n) is 11.3. The van der Waals surface area contributed by atoms with E-state index >= 15 is 0 Å². The monoisotopic (exact) mass is 1130 g/mol. The molecule has 2 aromatic rings. The van der Waals surface area contributed by atoms with E-state index in [1.54, 1.807) is 38.3 Å². The van der Waals surface area contributed by atoms with Crippen LogP contribution in [0.15, 0.2) is 54.6 Å². The molecule has 4 amide bonds. The molecule has 2 aliphatic heterocycles. The average molecular weight is 1140 g/mol. The van der Waals surface area contributed by atoms with E-state index in [1.807, 2.05) is 104 Å². The Bertz CT molecular complexity index is 2300. The SMILES string of the molecule is CC[C@H](C)[C@@H]([C@@H](CC(C)=O)OC)N(C)C(=O)[C@@H](CC(=O)[C@H](C(C)C)N(C)C(=O)OCc1ccc(CC(=O)CCCCCN2C(=O)CC(SC)C2=O)cc1)C(C)C.CO[C@H]([C@@H](C)C(=O)C[C@H](C)[C@@H](O)c1ccccc1)[C@@H]1CCCN1C. The van der Waals surface area contributed by atoms with Crippen LogP contribution in [0.1, 0.15) is 156 Å². The lowest BCUT2D eigenvalue weighted by Gasteiger charge is -2.40. The summed E-state index contributed by atoms with van der Waals surface area (Å²) in [6, 6.07) is 16.0. The van der Waals surface area contributed by atoms with Gasteiger partial charge in [-0.25, -0.2) is 4.79 Å². The first kappa shape index (κ1) is 69.5. The Morgan fingerprint density at radius 1 is 0.787 bits per heavy atom. The second-order valence-electron chi connectivity index (χ2n) is 23.2. The van der Waals surface area contributed by atoms with Crippen molar-refractivity contribution in [3.05, 3.63) is 71.3 Å². The Labute approximate surface area is 483 Å². The number of aliphatic hydroxyl groups excluding tert-OH is 1. The number of imide groups is 1. The Balaban J connectivity index is 0.000000578. The predicted octanol–water partition coefficient (Wildman–Crippen LogP) is 9.60. The summed E-state index contributed by atoms with van der Waals surface area (Å²) in [5, 5.41) is 10.2. The lowest BCUT2D eigenvalue weighted by atomic mass is 9.83. The standard InChI is InChI=1S/C43H67N3O9S.C20H31NO3/c1-12-29(6)40(36(54-10)22-30(7)47)44(8)41(51)34(27(2)3)24-35(49)39(28(4)5)45(9)43(53)55-26-32-19-17-31(18-20-32)23-33(48)16-14-13-15-21-46-38(50)25-37(56-11)42(46)52;1-14(19(23)16-9-6-5-7-10-16)13-18(22)15(2)20(24-4)17-11-8-12-21(17)3/h17-20,27-29,34,36-37,39-40H,12-16,21-26H2,1-11H3;5-7,9-10,14-15,17,19-20,23H,8,11-13H2,1-4H3/t29-,34-,36+,37?,39-,40-;14-,15-,17-,19+,20+/m00/s1. The van der Waals surface area contributed by atoms with E-state index in [0.717, 1.165) is 48.9 Å². The number of thioether (sulfide) groups is 1. The Morgan fingerprint density at radius 3 is 1.95 bits per heavy atom. The van der Waals surface area contributed by atoms with Gasteiger partial charge in [0.2, 0.25) is 17.7 Å². The summed E-state index contributed by atoms with van der Waals surface area (Å²) in [5.41, 5.74) is 2.44. The number of carbonyl (C=O) groups is 8. The van der Waals surface area contributed by atoms with Gasteiger partial charge in [0.1, 0.15) is 24.0 Å². The third kappa shape index (κ3) is 20.6. The zero-order valence-corrected chi connectivity index (χ0v) is 51.8. The fourth-order valence-corrected chi connectivity index (χ4v) is 12.0. The third-order valence-electron chi connectivity index (χ3n) is 16.4. The first-order valence-corrected chi connectivity index (χ1v) is 30.3. The van der Waals surface area contributed by atoms with Crippen molar-refractivity contribution in [1.82, 2.24) is 19.6 Å². The molecule has 0 bridgehead atoms. The van der Waals surface area contributed by atoms with Crippen molar-refractivity contribution in [3.63, 3.8) is 0 Å². The molecule has 0 spiro atoms. The van der Waals surface area contributed by atoms with Crippen molar-refractivity contribution < 1.29 is 57.7 Å². The molecular formula is C63H98N4O12S. The van der Waals surface area contributed by atoms with Gasteiger partial charge in [0.05, 0.1) is 35.6 Å². The Morgan fingerprint density at radius 2 is 1.43 bits per heavy atom. The van der Waals surface area contributed by atoms with E-state index in [1.165, 1.54) is 35.5 Å². The zero-order chi connectivity index (χ0) is 60.0. The van der Waals surface area contributed by atoms with E-state index in [-0.39, 0.29) is 120 Å². The molecule has 16 nitrogen and oxygen atoms in total. The van der Waals surface area contributed by atoms with Crippen LogP contribution in [0.4, 0.5) is 4.79 Å². The Kier molecular flexibility index (Phi) is 30.0. The van der Waals surface area contributed by atoms with Crippen LogP contribution in [0.5, 0.6) is 0 Å². The molecule has 448 valence electrons. The van der Waals surface area contributed by atoms with Gasteiger partial charge in [-0.3, -0.25) is 38.5 Å². The minimum atomic E-state index is -0.817. The minimum absolute atomic E-state index is 0.0219. The van der Waals surface area contributed by atoms with Crippen molar-refractivity contribution in [2.45, 2.75) is 188 Å². The summed E-state index contributed by atoms with van der Waals surface area (Å²) in [6.45, 7) is 18.4. The summed E-state index contributed by atoms with van der Waals surface area (Å²) < 4.78 is 17.0. The first-order valence-electron chi connectivity index (χ1n) is 29.0. The Hall–Kier alpha value is -4.81. The maximum absolute atomic E-state index is 14.1. The molecule has 2 fully saturated rings. The van der Waals surface area contributed by atoms with Gasteiger partial charge in [-0.05, 0) is 92.8 Å². The lowest BCUT2D eigenvalue weighted by Crippen LogP contribution is -2.53. The van der Waals surface area contributed by atoms with Crippen molar-refractivity contribution in [3.8, 4) is 0 Å². The number of amides is 4. The maximum Gasteiger partial charge on any atom is 0.410 e. The highest BCUT2D eigenvalue weighted by Crippen LogP contribution is 2.31. The molecule has 11 atom stereocenters. The van der Waals surface area contributed by atoms with Crippen molar-refractivity contribution >= 4 is 58.7 Å². The predicted molar refractivity (Wildman–Crippen MR) is 315 cm³/mol. The van der Waals surface area contributed by atoms with Crippen LogP contribution in [0.2, 0.25) is 0 Å². The van der Waals surface area contributed by atoms with Gasteiger partial charge in [-0.15, -0.1) is 0 Å². The number of aliphatic hydroxyl groups is 1. The number of methoxy groups -OCH3 is 2. The number of benzene rings is 2. The average Bonchev–Trinajstić information content (AvgIpc) is 4.01. The molecule has 2 heterocycles. The van der Waals surface area contributed by atoms with Gasteiger partial charge in [-0.2, -0.15) is 11.8 Å². The second-order valence-corrected chi connectivity index (χ2v) is 24.3. The quantitative estimate of drug-likeness (QED) is 0.0524. The van der Waals surface area contributed by atoms with E-state index in [9.17, 15) is 43.5 Å². The van der Waals surface area contributed by atoms with Crippen molar-refractivity contribution in [2.75, 3.05) is 54.7 Å². The number of hydrogen-bond acceptors (Lipinski definition) is 14. The summed E-state index contributed by atoms with van der Waals surface area (Å²) in [7, 11) is 8.60. The van der Waals surface area contributed by atoms with E-state index in [2.05, 4.69) is 11.9 Å². The van der Waals surface area contributed by atoms with Crippen molar-refractivity contribution in [2.24, 2.45) is 35.5 Å². The molecule has 1 N–H and O–H groups in total. The van der Waals surface area contributed by atoms with Crippen molar-refractivity contribution in [1.29, 1.82) is 0 Å². The molecule has 2 aliphatic rings. The number of likely N-dealkylation sites (N-methyl/N-ethyl adjacent to an activating group) is 3. The third-order valence-corrected chi connectivity index (χ3v) is 17.4. The first-order chi connectivity index (χ1) is 37.8. The second kappa shape index (κ2) is 34.6. The largest absolute Gasteiger partial charge is 0.445 e. The minimum Gasteiger partial charge on any atom is -0.445 e. The summed E-state index contributed by atoms with van der Waals surface area (Å²) in [4.78, 5) is 110. The highest BCUT2D eigenvalue weighted by molar-refractivity contribution is 8.00. The van der Waals surface area contributed by atoms with E-state index < -0.39 is 30.3 Å². The number of hydrogen-bond donors (Lipinski definition) is 1. The van der Waals surface area contributed by atoms with Crippen LogP contribution in [-0.4, -0.2) is 162 Å². The summed E-state index contributed by atoms with van der Waals surface area (Å²) >= 11 is 1.40. The molecule has 0 aliphatic carbocycles. The molecule has 2 saturated heterocycles. The summed E-state index contributed by atoms with van der Waals surface area (Å²) in [6.07, 6.45) is 6.56. The molecule has 0 radical (unpaired) electrons. The molecule has 2 aromatic carbocycles. The zero-order valence-electron chi connectivity index (χ0n) is 50.9. The molecule has 0 aromatic heterocycles. The van der Waals surface area contributed by atoms with Crippen LogP contribution in [0.3, 0.4) is 0 Å². The lowest BCUT2D eigenvalue weighted by molar-refractivity contribution is -0.146. The summed E-state index contributed by atoms with van der Waals surface area (Å²) in [5.74, 6) is -1.70.